The summed E-state index contributed by atoms with van der Waals surface area (Å²) in [5.41, 5.74) is 9.48. The molecule has 0 saturated carbocycles. The third kappa shape index (κ3) is 3.19. The second kappa shape index (κ2) is 6.07. The highest BCUT2D eigenvalue weighted by molar-refractivity contribution is 9.10. The first kappa shape index (κ1) is 14.6. The van der Waals surface area contributed by atoms with Crippen LogP contribution in [0.15, 0.2) is 28.9 Å². The van der Waals surface area contributed by atoms with E-state index in [9.17, 15) is 0 Å². The minimum absolute atomic E-state index is 0.235. The van der Waals surface area contributed by atoms with Crippen LogP contribution in [0.1, 0.15) is 36.2 Å². The van der Waals surface area contributed by atoms with Gasteiger partial charge in [0.15, 0.2) is 0 Å². The topological polar surface area (TPSA) is 43.8 Å². The Labute approximate surface area is 126 Å². The molecule has 2 aromatic rings. The molecule has 0 aliphatic rings. The zero-order valence-corrected chi connectivity index (χ0v) is 13.4. The second-order valence-electron chi connectivity index (χ2n) is 4.64. The van der Waals surface area contributed by atoms with Crippen LogP contribution in [0.2, 0.25) is 5.02 Å². The predicted molar refractivity (Wildman–Crippen MR) is 82.4 cm³/mol. The first-order valence-corrected chi connectivity index (χ1v) is 7.44. The number of rotatable bonds is 4. The van der Waals surface area contributed by atoms with Crippen molar-refractivity contribution in [2.75, 3.05) is 0 Å². The average molecular weight is 343 g/mol. The maximum Gasteiger partial charge on any atom is 0.0738 e. The van der Waals surface area contributed by atoms with Crippen LogP contribution in [0, 0.1) is 6.92 Å². The molecule has 19 heavy (non-hydrogen) atoms. The van der Waals surface area contributed by atoms with E-state index in [4.69, 9.17) is 17.3 Å². The van der Waals surface area contributed by atoms with Crippen LogP contribution in [0.25, 0.3) is 0 Å². The molecule has 0 saturated heterocycles. The molecule has 2 rings (SSSR count). The first-order valence-electron chi connectivity index (χ1n) is 6.26. The number of nitrogens with two attached hydrogens (primary N) is 1. The molecule has 1 aromatic carbocycles. The van der Waals surface area contributed by atoms with E-state index in [0.29, 0.717) is 5.02 Å². The third-order valence-electron chi connectivity index (χ3n) is 2.99. The van der Waals surface area contributed by atoms with E-state index in [1.807, 2.05) is 23.7 Å². The second-order valence-corrected chi connectivity index (χ2v) is 5.93. The summed E-state index contributed by atoms with van der Waals surface area (Å²) in [6, 6.07) is 5.66. The number of aromatic nitrogens is 2. The molecule has 0 spiro atoms. The lowest BCUT2D eigenvalue weighted by atomic mass is 10.0. The Balaban J connectivity index is 2.43. The van der Waals surface area contributed by atoms with Gasteiger partial charge in [0.1, 0.15) is 0 Å². The standard InChI is InChI=1S/C14H17BrClN3/c1-3-4-19-14(12(15)8-18-19)13(17)10-5-9(2)6-11(16)7-10/h5-8,13H,3-4,17H2,1-2H3. The maximum absolute atomic E-state index is 6.38. The smallest absolute Gasteiger partial charge is 0.0738 e. The fraction of sp³-hybridized carbons (Fsp3) is 0.357. The summed E-state index contributed by atoms with van der Waals surface area (Å²) in [4.78, 5) is 0. The van der Waals surface area contributed by atoms with Gasteiger partial charge in [0.25, 0.3) is 0 Å². The summed E-state index contributed by atoms with van der Waals surface area (Å²) in [5, 5.41) is 5.06. The summed E-state index contributed by atoms with van der Waals surface area (Å²) in [6.45, 7) is 4.99. The van der Waals surface area contributed by atoms with Gasteiger partial charge in [0.2, 0.25) is 0 Å². The average Bonchev–Trinajstić information content (AvgIpc) is 2.69. The SMILES string of the molecule is CCCn1ncc(Br)c1C(N)c1cc(C)cc(Cl)c1. The molecule has 1 aromatic heterocycles. The highest BCUT2D eigenvalue weighted by Gasteiger charge is 2.18. The van der Waals surface area contributed by atoms with Crippen LogP contribution in [0.4, 0.5) is 0 Å². The van der Waals surface area contributed by atoms with Gasteiger partial charge < -0.3 is 5.73 Å². The fourth-order valence-electron chi connectivity index (χ4n) is 2.17. The molecule has 1 unspecified atom stereocenters. The van der Waals surface area contributed by atoms with Gasteiger partial charge in [0.05, 0.1) is 22.4 Å². The van der Waals surface area contributed by atoms with Crippen LogP contribution < -0.4 is 5.73 Å². The minimum atomic E-state index is -0.235. The van der Waals surface area contributed by atoms with Crippen molar-refractivity contribution in [1.82, 2.24) is 9.78 Å². The molecule has 3 nitrogen and oxygen atoms in total. The van der Waals surface area contributed by atoms with Gasteiger partial charge in [-0.25, -0.2) is 0 Å². The minimum Gasteiger partial charge on any atom is -0.319 e. The molecule has 0 aliphatic heterocycles. The van der Waals surface area contributed by atoms with Crippen molar-refractivity contribution >= 4 is 27.5 Å². The van der Waals surface area contributed by atoms with Crippen LogP contribution in [0.3, 0.4) is 0 Å². The lowest BCUT2D eigenvalue weighted by molar-refractivity contribution is 0.559. The zero-order valence-electron chi connectivity index (χ0n) is 11.0. The van der Waals surface area contributed by atoms with Crippen molar-refractivity contribution in [1.29, 1.82) is 0 Å². The number of hydrogen-bond acceptors (Lipinski definition) is 2. The first-order chi connectivity index (χ1) is 9.02. The lowest BCUT2D eigenvalue weighted by Gasteiger charge is -2.16. The largest absolute Gasteiger partial charge is 0.319 e. The zero-order chi connectivity index (χ0) is 14.0. The summed E-state index contributed by atoms with van der Waals surface area (Å²) < 4.78 is 2.89. The quantitative estimate of drug-likeness (QED) is 0.910. The monoisotopic (exact) mass is 341 g/mol. The Kier molecular flexibility index (Phi) is 4.66. The van der Waals surface area contributed by atoms with E-state index in [1.165, 1.54) is 0 Å². The van der Waals surface area contributed by atoms with E-state index in [2.05, 4.69) is 34.0 Å². The van der Waals surface area contributed by atoms with Crippen molar-refractivity contribution in [2.24, 2.45) is 5.73 Å². The summed E-state index contributed by atoms with van der Waals surface area (Å²) in [5.74, 6) is 0. The van der Waals surface area contributed by atoms with E-state index in [-0.39, 0.29) is 6.04 Å². The molecule has 0 bridgehead atoms. The molecule has 0 fully saturated rings. The highest BCUT2D eigenvalue weighted by Crippen LogP contribution is 2.29. The Bertz CT molecular complexity index is 560. The van der Waals surface area contributed by atoms with Crippen LogP contribution in [-0.2, 0) is 6.54 Å². The Morgan fingerprint density at radius 1 is 1.42 bits per heavy atom. The van der Waals surface area contributed by atoms with E-state index in [1.54, 1.807) is 6.20 Å². The highest BCUT2D eigenvalue weighted by atomic mass is 79.9. The normalized spacial score (nSPS) is 12.7. The van der Waals surface area contributed by atoms with Crippen molar-refractivity contribution < 1.29 is 0 Å². The van der Waals surface area contributed by atoms with Gasteiger partial charge in [-0.15, -0.1) is 0 Å². The molecule has 2 N–H and O–H groups in total. The number of aryl methyl sites for hydroxylation is 2. The van der Waals surface area contributed by atoms with E-state index < -0.39 is 0 Å². The lowest BCUT2D eigenvalue weighted by Crippen LogP contribution is -2.18. The fourth-order valence-corrected chi connectivity index (χ4v) is 3.01. The summed E-state index contributed by atoms with van der Waals surface area (Å²) >= 11 is 9.63. The van der Waals surface area contributed by atoms with Crippen LogP contribution in [0.5, 0.6) is 0 Å². The van der Waals surface area contributed by atoms with Crippen molar-refractivity contribution in [3.05, 3.63) is 50.7 Å². The number of hydrogen-bond donors (Lipinski definition) is 1. The third-order valence-corrected chi connectivity index (χ3v) is 3.82. The Morgan fingerprint density at radius 2 is 2.16 bits per heavy atom. The molecular formula is C14H17BrClN3. The Morgan fingerprint density at radius 3 is 2.79 bits per heavy atom. The van der Waals surface area contributed by atoms with Gasteiger partial charge in [-0.05, 0) is 52.5 Å². The summed E-state index contributed by atoms with van der Waals surface area (Å²) in [6.07, 6.45) is 2.81. The van der Waals surface area contributed by atoms with E-state index in [0.717, 1.165) is 34.3 Å². The molecule has 1 atom stereocenters. The van der Waals surface area contributed by atoms with Gasteiger partial charge in [-0.3, -0.25) is 4.68 Å². The molecule has 0 amide bonds. The molecule has 0 aliphatic carbocycles. The molecule has 102 valence electrons. The van der Waals surface area contributed by atoms with Crippen molar-refractivity contribution in [3.8, 4) is 0 Å². The van der Waals surface area contributed by atoms with Crippen molar-refractivity contribution in [3.63, 3.8) is 0 Å². The molecule has 1 heterocycles. The van der Waals surface area contributed by atoms with Gasteiger partial charge >= 0.3 is 0 Å². The molecule has 5 heteroatoms. The predicted octanol–water partition coefficient (Wildman–Crippen LogP) is 4.07. The van der Waals surface area contributed by atoms with Gasteiger partial charge in [0, 0.05) is 11.6 Å². The number of nitrogens with zero attached hydrogens (tertiary/aromatic N) is 2. The molecular weight excluding hydrogens is 326 g/mol. The number of benzene rings is 1. The number of halogens is 2. The molecule has 0 radical (unpaired) electrons. The Hall–Kier alpha value is -0.840. The van der Waals surface area contributed by atoms with Gasteiger partial charge in [-0.1, -0.05) is 24.6 Å². The van der Waals surface area contributed by atoms with Crippen LogP contribution >= 0.6 is 27.5 Å². The maximum atomic E-state index is 6.38. The van der Waals surface area contributed by atoms with Crippen LogP contribution in [-0.4, -0.2) is 9.78 Å². The van der Waals surface area contributed by atoms with Crippen molar-refractivity contribution in [2.45, 2.75) is 32.9 Å². The van der Waals surface area contributed by atoms with E-state index >= 15 is 0 Å². The summed E-state index contributed by atoms with van der Waals surface area (Å²) in [7, 11) is 0. The van der Waals surface area contributed by atoms with Gasteiger partial charge in [-0.2, -0.15) is 5.10 Å².